The van der Waals surface area contributed by atoms with Crippen molar-refractivity contribution < 1.29 is 65.4 Å². The van der Waals surface area contributed by atoms with Crippen molar-refractivity contribution in [3.05, 3.63) is 72.9 Å². The van der Waals surface area contributed by atoms with Gasteiger partial charge in [0.2, 0.25) is 0 Å². The first kappa shape index (κ1) is 62.6. The second-order valence-electron chi connectivity index (χ2n) is 14.1. The standard InChI is InChI=1S/C45H74O10.2ClH.2H3N.Pt/c1-3-5-7-9-11-13-15-17-19-21-23-25-27-29-31-33-40(47)52-36-38(37-53-45-44(51)43(50)42(49)39(35-46)55-45)54-41(48)34-32-30-28-26-24-22-20-18-16-14-12-10-8-6-4-2;;;;;/h5-8,11-14,17-20,38-39,42-46,49-51H,3-4,9-10,15-16,21-37H2,1-2H3;2*1H;2*1H3;/q;;;;;+2/p-2/b7-5-,8-6-,13-11-,14-12-,19-17-,20-18-;;;;;/t38-,39-,42+,43+,44-,45-;;;;;/m1...../s1. The molecule has 0 unspecified atom stereocenters. The molecule has 0 saturated carbocycles. The Morgan fingerprint density at radius 1 is 0.600 bits per heavy atom. The van der Waals surface area contributed by atoms with Crippen molar-refractivity contribution in [3.63, 3.8) is 0 Å². The number of halogens is 2. The molecule has 0 bridgehead atoms. The molecule has 1 aliphatic rings. The van der Waals surface area contributed by atoms with Crippen LogP contribution in [0.3, 0.4) is 0 Å². The summed E-state index contributed by atoms with van der Waals surface area (Å²) in [6.45, 7) is 3.14. The van der Waals surface area contributed by atoms with Crippen molar-refractivity contribution in [2.75, 3.05) is 19.8 Å². The number of esters is 2. The van der Waals surface area contributed by atoms with Crippen LogP contribution in [0.4, 0.5) is 0 Å². The van der Waals surface area contributed by atoms with Gasteiger partial charge in [-0.25, -0.2) is 0 Å². The summed E-state index contributed by atoms with van der Waals surface area (Å²) in [5.74, 6) is -0.855. The molecule has 1 heterocycles. The molecule has 60 heavy (non-hydrogen) atoms. The molecule has 1 fully saturated rings. The Kier molecular flexibility index (Phi) is 48.9. The number of hydrogen-bond donors (Lipinski definition) is 6. The normalized spacial score (nSPS) is 19.9. The molecule has 1 rings (SSSR count). The number of carbonyl (C=O) groups excluding carboxylic acids is 2. The molecular weight excluding hydrogens is 994 g/mol. The zero-order valence-electron chi connectivity index (χ0n) is 36.4. The molecule has 354 valence electrons. The van der Waals surface area contributed by atoms with Crippen LogP contribution < -0.4 is 12.3 Å². The van der Waals surface area contributed by atoms with Crippen LogP contribution in [-0.2, 0) is 45.0 Å². The van der Waals surface area contributed by atoms with Crippen LogP contribution >= 0.6 is 18.8 Å². The first-order valence-electron chi connectivity index (χ1n) is 21.2. The van der Waals surface area contributed by atoms with Crippen LogP contribution in [0.1, 0.15) is 142 Å². The minimum atomic E-state index is -1.60. The average molecular weight is 1080 g/mol. The summed E-state index contributed by atoms with van der Waals surface area (Å²) < 4.78 is 22.1. The van der Waals surface area contributed by atoms with Gasteiger partial charge in [-0.2, -0.15) is 0 Å². The van der Waals surface area contributed by atoms with E-state index in [9.17, 15) is 30.0 Å². The van der Waals surface area contributed by atoms with Crippen molar-refractivity contribution in [1.82, 2.24) is 12.3 Å². The Bertz CT molecular complexity index is 1170. The molecule has 0 aromatic carbocycles. The molecule has 12 nitrogen and oxygen atoms in total. The summed E-state index contributed by atoms with van der Waals surface area (Å²) in [6, 6.07) is 0. The summed E-state index contributed by atoms with van der Waals surface area (Å²) >= 11 is -0.472. The molecular formula is C45H80Cl2N2O10Pt. The number of ether oxygens (including phenoxy) is 4. The van der Waals surface area contributed by atoms with Gasteiger partial charge in [-0.1, -0.05) is 125 Å². The van der Waals surface area contributed by atoms with E-state index in [1.165, 1.54) is 0 Å². The monoisotopic (exact) mass is 1070 g/mol. The minimum absolute atomic E-state index is 0. The number of aliphatic hydroxyl groups is 4. The summed E-state index contributed by atoms with van der Waals surface area (Å²) in [5.41, 5.74) is 0. The van der Waals surface area contributed by atoms with Gasteiger partial charge in [0.25, 0.3) is 0 Å². The number of carbonyl (C=O) groups is 2. The Balaban J connectivity index is -0.00000629. The Morgan fingerprint density at radius 2 is 1.02 bits per heavy atom. The number of rotatable bonds is 33. The fraction of sp³-hybridized carbons (Fsp3) is 0.689. The fourth-order valence-corrected chi connectivity index (χ4v) is 5.80. The van der Waals surface area contributed by atoms with Crippen molar-refractivity contribution in [3.8, 4) is 0 Å². The summed E-state index contributed by atoms with van der Waals surface area (Å²) in [7, 11) is 9.75. The van der Waals surface area contributed by atoms with Crippen LogP contribution in [0.5, 0.6) is 0 Å². The number of aliphatic hydroxyl groups excluding tert-OH is 4. The first-order chi connectivity index (χ1) is 28.2. The molecule has 1 saturated heterocycles. The predicted octanol–water partition coefficient (Wildman–Crippen LogP) is 10.1. The van der Waals surface area contributed by atoms with E-state index in [4.69, 9.17) is 37.8 Å². The van der Waals surface area contributed by atoms with Crippen LogP contribution in [0, 0.1) is 0 Å². The molecule has 0 amide bonds. The molecule has 0 spiro atoms. The van der Waals surface area contributed by atoms with E-state index in [-0.39, 0.29) is 38.4 Å². The van der Waals surface area contributed by atoms with E-state index in [1.54, 1.807) is 0 Å². The second-order valence-corrected chi connectivity index (χ2v) is 17.4. The number of unbranched alkanes of at least 4 members (excludes halogenated alkanes) is 10. The van der Waals surface area contributed by atoms with Gasteiger partial charge in [0.1, 0.15) is 31.0 Å². The Morgan fingerprint density at radius 3 is 1.48 bits per heavy atom. The second kappa shape index (κ2) is 46.8. The van der Waals surface area contributed by atoms with Crippen LogP contribution in [-0.4, -0.2) is 89.0 Å². The van der Waals surface area contributed by atoms with E-state index in [1.807, 2.05) is 0 Å². The van der Waals surface area contributed by atoms with Gasteiger partial charge in [0.15, 0.2) is 12.4 Å². The Hall–Kier alpha value is -1.67. The zero-order valence-corrected chi connectivity index (χ0v) is 40.2. The van der Waals surface area contributed by atoms with Gasteiger partial charge in [-0.3, -0.25) is 9.59 Å². The molecule has 1 aliphatic heterocycles. The van der Waals surface area contributed by atoms with Gasteiger partial charge in [-0.05, 0) is 77.0 Å². The third kappa shape index (κ3) is 36.9. The van der Waals surface area contributed by atoms with E-state index >= 15 is 0 Å². The molecule has 0 aromatic heterocycles. The zero-order chi connectivity index (χ0) is 42.9. The van der Waals surface area contributed by atoms with Crippen LogP contribution in [0.15, 0.2) is 72.9 Å². The van der Waals surface area contributed by atoms with Crippen molar-refractivity contribution in [1.29, 1.82) is 0 Å². The summed E-state index contributed by atoms with van der Waals surface area (Å²) in [5, 5.41) is 40.0. The predicted molar refractivity (Wildman–Crippen MR) is 241 cm³/mol. The van der Waals surface area contributed by atoms with Gasteiger partial charge >= 0.3 is 47.3 Å². The molecule has 15 heteroatoms. The average Bonchev–Trinajstić information content (AvgIpc) is 3.21. The number of allylic oxidation sites excluding steroid dienone is 12. The SMILES string of the molecule is CC/C=C\C/C=C\C/C=C\CCCCCCCC(=O)OC[C@H](CO[C@@H]1O[C@H](CO)[C@H](O)[C@H](O)[C@H]1O)OC(=O)CCCCCCC/C=C\C/C=C\C/C=C\CC.N.N.[Cl][Pt][Cl]. The maximum absolute atomic E-state index is 12.7. The van der Waals surface area contributed by atoms with Crippen LogP contribution in [0.25, 0.3) is 0 Å². The van der Waals surface area contributed by atoms with E-state index < -0.39 is 71.8 Å². The first-order valence-corrected chi connectivity index (χ1v) is 26.9. The van der Waals surface area contributed by atoms with E-state index in [0.29, 0.717) is 12.8 Å². The topological polar surface area (TPSA) is 222 Å². The van der Waals surface area contributed by atoms with Gasteiger partial charge in [0, 0.05) is 12.8 Å². The molecule has 0 radical (unpaired) electrons. The summed E-state index contributed by atoms with van der Waals surface area (Å²) in [6.07, 6.45) is 36.2. The van der Waals surface area contributed by atoms with Crippen molar-refractivity contribution in [2.24, 2.45) is 0 Å². The van der Waals surface area contributed by atoms with Crippen molar-refractivity contribution in [2.45, 2.75) is 179 Å². The molecule has 10 N–H and O–H groups in total. The van der Waals surface area contributed by atoms with Gasteiger partial charge in [0.05, 0.1) is 13.2 Å². The molecule has 0 aliphatic carbocycles. The quantitative estimate of drug-likeness (QED) is 0.0205. The Labute approximate surface area is 378 Å². The third-order valence-corrected chi connectivity index (χ3v) is 9.09. The van der Waals surface area contributed by atoms with Gasteiger partial charge < -0.3 is 51.7 Å². The van der Waals surface area contributed by atoms with Crippen LogP contribution in [0.2, 0.25) is 0 Å². The third-order valence-electron chi connectivity index (χ3n) is 9.09. The van der Waals surface area contributed by atoms with E-state index in [0.717, 1.165) is 103 Å². The van der Waals surface area contributed by atoms with Gasteiger partial charge in [-0.15, -0.1) is 0 Å². The maximum atomic E-state index is 12.7. The van der Waals surface area contributed by atoms with Crippen molar-refractivity contribution >= 4 is 30.8 Å². The summed E-state index contributed by atoms with van der Waals surface area (Å²) in [4.78, 5) is 25.3. The molecule has 6 atom stereocenters. The number of hydrogen-bond acceptors (Lipinski definition) is 12. The fourth-order valence-electron chi connectivity index (χ4n) is 5.80. The van der Waals surface area contributed by atoms with E-state index in [2.05, 4.69) is 86.8 Å². The molecule has 0 aromatic rings.